The molecule has 19 heavy (non-hydrogen) atoms. The summed E-state index contributed by atoms with van der Waals surface area (Å²) in [5.74, 6) is 1.20. The Kier molecular flexibility index (Phi) is 4.66. The molecule has 100 valence electrons. The fraction of sp³-hybridized carbons (Fsp3) is 0.357. The van der Waals surface area contributed by atoms with Crippen LogP contribution in [-0.4, -0.2) is 28.1 Å². The van der Waals surface area contributed by atoms with Gasteiger partial charge in [-0.2, -0.15) is 4.98 Å². The van der Waals surface area contributed by atoms with Gasteiger partial charge in [0.1, 0.15) is 0 Å². The number of hydrogen-bond acceptors (Lipinski definition) is 5. The average molecular weight is 258 g/mol. The minimum atomic E-state index is 0.555. The molecule has 2 rings (SSSR count). The molecular weight excluding hydrogens is 240 g/mol. The molecule has 0 radical (unpaired) electrons. The molecular formula is C14H18N4O. The maximum absolute atomic E-state index is 5.65. The molecule has 2 heterocycles. The first-order chi connectivity index (χ1) is 9.28. The number of nitrogens with zero attached hydrogens (tertiary/aromatic N) is 3. The van der Waals surface area contributed by atoms with Crippen LogP contribution in [0.5, 0.6) is 5.88 Å². The first-order valence-electron chi connectivity index (χ1n) is 6.40. The van der Waals surface area contributed by atoms with E-state index in [2.05, 4.69) is 20.3 Å². The molecule has 0 unspecified atom stereocenters. The van der Waals surface area contributed by atoms with Crippen molar-refractivity contribution < 1.29 is 4.74 Å². The van der Waals surface area contributed by atoms with Crippen LogP contribution >= 0.6 is 0 Å². The van der Waals surface area contributed by atoms with Crippen molar-refractivity contribution >= 4 is 5.95 Å². The van der Waals surface area contributed by atoms with Gasteiger partial charge in [0.25, 0.3) is 0 Å². The van der Waals surface area contributed by atoms with E-state index in [1.54, 1.807) is 6.20 Å². The number of aryl methyl sites for hydroxylation is 1. The van der Waals surface area contributed by atoms with Gasteiger partial charge < -0.3 is 10.1 Å². The van der Waals surface area contributed by atoms with Crippen LogP contribution in [0.1, 0.15) is 18.3 Å². The molecule has 5 nitrogen and oxygen atoms in total. The smallest absolute Gasteiger partial charge is 0.226 e. The van der Waals surface area contributed by atoms with E-state index in [4.69, 9.17) is 4.74 Å². The van der Waals surface area contributed by atoms with Crippen molar-refractivity contribution in [1.29, 1.82) is 0 Å². The van der Waals surface area contributed by atoms with Crippen LogP contribution in [0, 0.1) is 6.92 Å². The van der Waals surface area contributed by atoms with Gasteiger partial charge in [-0.15, -0.1) is 0 Å². The molecule has 0 aromatic carbocycles. The lowest BCUT2D eigenvalue weighted by Crippen LogP contribution is -2.07. The summed E-state index contributed by atoms with van der Waals surface area (Å²) in [5, 5.41) is 3.08. The zero-order valence-electron chi connectivity index (χ0n) is 11.3. The molecule has 0 saturated heterocycles. The lowest BCUT2D eigenvalue weighted by Gasteiger charge is -2.08. The van der Waals surface area contributed by atoms with Gasteiger partial charge in [0.05, 0.1) is 6.61 Å². The number of aromatic nitrogens is 3. The summed E-state index contributed by atoms with van der Waals surface area (Å²) in [6, 6.07) is 7.69. The standard InChI is InChI=1S/C14H18N4O/c1-3-15-14-17-11(2)10-13(18-14)19-9-7-12-6-4-5-8-16-12/h4-6,8,10H,3,7,9H2,1-2H3,(H,15,17,18). The molecule has 0 fully saturated rings. The monoisotopic (exact) mass is 258 g/mol. The van der Waals surface area contributed by atoms with Crippen molar-refractivity contribution in [1.82, 2.24) is 15.0 Å². The summed E-state index contributed by atoms with van der Waals surface area (Å²) in [5.41, 5.74) is 1.90. The maximum Gasteiger partial charge on any atom is 0.226 e. The second-order valence-corrected chi connectivity index (χ2v) is 4.12. The van der Waals surface area contributed by atoms with Crippen molar-refractivity contribution in [3.05, 3.63) is 41.9 Å². The lowest BCUT2D eigenvalue weighted by atomic mass is 10.3. The molecule has 5 heteroatoms. The summed E-state index contributed by atoms with van der Waals surface area (Å²) >= 11 is 0. The zero-order valence-corrected chi connectivity index (χ0v) is 11.3. The summed E-state index contributed by atoms with van der Waals surface area (Å²) < 4.78 is 5.65. The van der Waals surface area contributed by atoms with E-state index in [1.807, 2.05) is 38.1 Å². The highest BCUT2D eigenvalue weighted by atomic mass is 16.5. The maximum atomic E-state index is 5.65. The van der Waals surface area contributed by atoms with Gasteiger partial charge in [0.2, 0.25) is 11.8 Å². The lowest BCUT2D eigenvalue weighted by molar-refractivity contribution is 0.308. The van der Waals surface area contributed by atoms with Gasteiger partial charge >= 0.3 is 0 Å². The van der Waals surface area contributed by atoms with Crippen LogP contribution < -0.4 is 10.1 Å². The third kappa shape index (κ3) is 4.21. The Morgan fingerprint density at radius 1 is 1.26 bits per heavy atom. The fourth-order valence-electron chi connectivity index (χ4n) is 1.66. The van der Waals surface area contributed by atoms with Crippen LogP contribution in [0.2, 0.25) is 0 Å². The molecule has 0 amide bonds. The molecule has 2 aromatic rings. The third-order valence-electron chi connectivity index (χ3n) is 2.50. The minimum absolute atomic E-state index is 0.555. The van der Waals surface area contributed by atoms with Gasteiger partial charge in [0.15, 0.2) is 0 Å². The Morgan fingerprint density at radius 2 is 2.16 bits per heavy atom. The quantitative estimate of drug-likeness (QED) is 0.861. The number of anilines is 1. The third-order valence-corrected chi connectivity index (χ3v) is 2.50. The normalized spacial score (nSPS) is 10.2. The number of ether oxygens (including phenoxy) is 1. The highest BCUT2D eigenvalue weighted by Gasteiger charge is 2.02. The number of rotatable bonds is 6. The van der Waals surface area contributed by atoms with Gasteiger partial charge in [-0.25, -0.2) is 4.98 Å². The first kappa shape index (κ1) is 13.3. The molecule has 2 aromatic heterocycles. The van der Waals surface area contributed by atoms with Gasteiger partial charge in [-0.3, -0.25) is 4.98 Å². The number of nitrogens with one attached hydrogen (secondary N) is 1. The molecule has 0 aliphatic rings. The van der Waals surface area contributed by atoms with E-state index in [0.29, 0.717) is 18.4 Å². The SMILES string of the molecule is CCNc1nc(C)cc(OCCc2ccccn2)n1. The Labute approximate surface area is 113 Å². The second kappa shape index (κ2) is 6.68. The van der Waals surface area contributed by atoms with E-state index in [9.17, 15) is 0 Å². The number of hydrogen-bond donors (Lipinski definition) is 1. The van der Waals surface area contributed by atoms with E-state index in [0.717, 1.165) is 24.4 Å². The Morgan fingerprint density at radius 3 is 2.89 bits per heavy atom. The van der Waals surface area contributed by atoms with Crippen LogP contribution in [0.3, 0.4) is 0 Å². The van der Waals surface area contributed by atoms with E-state index < -0.39 is 0 Å². The highest BCUT2D eigenvalue weighted by molar-refractivity contribution is 5.30. The molecule has 0 bridgehead atoms. The van der Waals surface area contributed by atoms with Crippen LogP contribution in [0.15, 0.2) is 30.5 Å². The summed E-state index contributed by atoms with van der Waals surface area (Å²) in [6.07, 6.45) is 2.55. The zero-order chi connectivity index (χ0) is 13.5. The van der Waals surface area contributed by atoms with Gasteiger partial charge in [-0.05, 0) is 26.0 Å². The minimum Gasteiger partial charge on any atom is -0.477 e. The molecule has 0 aliphatic heterocycles. The second-order valence-electron chi connectivity index (χ2n) is 4.12. The largest absolute Gasteiger partial charge is 0.477 e. The average Bonchev–Trinajstić information content (AvgIpc) is 2.40. The molecule has 0 spiro atoms. The van der Waals surface area contributed by atoms with Gasteiger partial charge in [0, 0.05) is 36.6 Å². The van der Waals surface area contributed by atoms with Crippen molar-refractivity contribution in [2.75, 3.05) is 18.5 Å². The Bertz CT molecular complexity index is 516. The Hall–Kier alpha value is -2.17. The Balaban J connectivity index is 1.92. The van der Waals surface area contributed by atoms with Crippen LogP contribution in [0.4, 0.5) is 5.95 Å². The van der Waals surface area contributed by atoms with E-state index >= 15 is 0 Å². The van der Waals surface area contributed by atoms with Crippen molar-refractivity contribution in [2.45, 2.75) is 20.3 Å². The molecule has 0 aliphatic carbocycles. The predicted octanol–water partition coefficient (Wildman–Crippen LogP) is 2.23. The predicted molar refractivity (Wildman–Crippen MR) is 74.4 cm³/mol. The molecule has 0 saturated carbocycles. The fourth-order valence-corrected chi connectivity index (χ4v) is 1.66. The van der Waals surface area contributed by atoms with Crippen molar-refractivity contribution in [3.8, 4) is 5.88 Å². The summed E-state index contributed by atoms with van der Waals surface area (Å²) in [6.45, 7) is 5.28. The topological polar surface area (TPSA) is 59.9 Å². The first-order valence-corrected chi connectivity index (χ1v) is 6.40. The van der Waals surface area contributed by atoms with Crippen molar-refractivity contribution in [3.63, 3.8) is 0 Å². The van der Waals surface area contributed by atoms with E-state index in [-0.39, 0.29) is 0 Å². The van der Waals surface area contributed by atoms with Crippen LogP contribution in [0.25, 0.3) is 0 Å². The highest BCUT2D eigenvalue weighted by Crippen LogP contribution is 2.12. The van der Waals surface area contributed by atoms with Crippen LogP contribution in [-0.2, 0) is 6.42 Å². The number of pyridine rings is 1. The van der Waals surface area contributed by atoms with Gasteiger partial charge in [-0.1, -0.05) is 6.07 Å². The van der Waals surface area contributed by atoms with E-state index in [1.165, 1.54) is 0 Å². The summed E-state index contributed by atoms with van der Waals surface area (Å²) in [7, 11) is 0. The van der Waals surface area contributed by atoms with Crippen molar-refractivity contribution in [2.24, 2.45) is 0 Å². The molecule has 1 N–H and O–H groups in total. The molecule has 0 atom stereocenters. The summed E-state index contributed by atoms with van der Waals surface area (Å²) in [4.78, 5) is 12.8.